The van der Waals surface area contributed by atoms with Gasteiger partial charge in [0.25, 0.3) is 0 Å². The Morgan fingerprint density at radius 1 is 1.21 bits per heavy atom. The standard InChI is InChI=1S/C15H21NO3/c1-17-13-6-4-5-11(7-13)14-10-16-9-12(14)8-15(14,18-2)19-3/h4-7,12,16H,8-10H2,1-3H3/t12-,14+/m1/s1. The minimum Gasteiger partial charge on any atom is -0.497 e. The summed E-state index contributed by atoms with van der Waals surface area (Å²) < 4.78 is 16.9. The number of methoxy groups -OCH3 is 3. The summed E-state index contributed by atoms with van der Waals surface area (Å²) in [7, 11) is 5.17. The van der Waals surface area contributed by atoms with Gasteiger partial charge in [0.15, 0.2) is 5.79 Å². The van der Waals surface area contributed by atoms with E-state index in [2.05, 4.69) is 17.4 Å². The molecule has 104 valence electrons. The lowest BCUT2D eigenvalue weighted by atomic mass is 9.53. The minimum absolute atomic E-state index is 0.106. The summed E-state index contributed by atoms with van der Waals surface area (Å²) >= 11 is 0. The van der Waals surface area contributed by atoms with Gasteiger partial charge in [-0.25, -0.2) is 0 Å². The van der Waals surface area contributed by atoms with Crippen LogP contribution < -0.4 is 10.1 Å². The van der Waals surface area contributed by atoms with Gasteiger partial charge in [-0.1, -0.05) is 12.1 Å². The van der Waals surface area contributed by atoms with Gasteiger partial charge in [0.2, 0.25) is 0 Å². The van der Waals surface area contributed by atoms with Crippen LogP contribution in [0.1, 0.15) is 12.0 Å². The molecular weight excluding hydrogens is 242 g/mol. The largest absolute Gasteiger partial charge is 0.497 e. The van der Waals surface area contributed by atoms with Crippen molar-refractivity contribution in [3.05, 3.63) is 29.8 Å². The Morgan fingerprint density at radius 3 is 2.63 bits per heavy atom. The average Bonchev–Trinajstić information content (AvgIpc) is 2.80. The Bertz CT molecular complexity index is 472. The fourth-order valence-electron chi connectivity index (χ4n) is 3.90. The summed E-state index contributed by atoms with van der Waals surface area (Å²) in [5.41, 5.74) is 1.13. The maximum absolute atomic E-state index is 5.77. The van der Waals surface area contributed by atoms with Gasteiger partial charge in [-0.2, -0.15) is 0 Å². The monoisotopic (exact) mass is 263 g/mol. The van der Waals surface area contributed by atoms with Crippen molar-refractivity contribution in [3.63, 3.8) is 0 Å². The molecule has 2 fully saturated rings. The maximum Gasteiger partial charge on any atom is 0.179 e. The van der Waals surface area contributed by atoms with E-state index < -0.39 is 5.79 Å². The first-order valence-corrected chi connectivity index (χ1v) is 6.68. The van der Waals surface area contributed by atoms with E-state index in [1.165, 1.54) is 5.56 Å². The fourth-order valence-corrected chi connectivity index (χ4v) is 3.90. The van der Waals surface area contributed by atoms with E-state index in [0.717, 1.165) is 25.3 Å². The molecule has 0 bridgehead atoms. The van der Waals surface area contributed by atoms with Crippen LogP contribution in [0.2, 0.25) is 0 Å². The zero-order chi connectivity index (χ0) is 13.5. The highest BCUT2D eigenvalue weighted by molar-refractivity contribution is 5.42. The lowest BCUT2D eigenvalue weighted by Crippen LogP contribution is -2.68. The van der Waals surface area contributed by atoms with E-state index in [1.807, 2.05) is 12.1 Å². The molecule has 1 saturated heterocycles. The van der Waals surface area contributed by atoms with Crippen LogP contribution in [0.4, 0.5) is 0 Å². The number of hydrogen-bond donors (Lipinski definition) is 1. The summed E-state index contributed by atoms with van der Waals surface area (Å²) in [5, 5.41) is 3.48. The molecule has 0 radical (unpaired) electrons. The molecule has 2 aliphatic rings. The van der Waals surface area contributed by atoms with Crippen molar-refractivity contribution in [1.82, 2.24) is 5.32 Å². The van der Waals surface area contributed by atoms with E-state index in [0.29, 0.717) is 5.92 Å². The van der Waals surface area contributed by atoms with Crippen LogP contribution in [-0.4, -0.2) is 40.2 Å². The molecule has 19 heavy (non-hydrogen) atoms. The molecule has 1 N–H and O–H groups in total. The molecule has 1 aliphatic carbocycles. The zero-order valence-corrected chi connectivity index (χ0v) is 11.7. The summed E-state index contributed by atoms with van der Waals surface area (Å²) in [5.74, 6) is 0.915. The van der Waals surface area contributed by atoms with Gasteiger partial charge in [-0.05, 0) is 30.2 Å². The molecule has 1 saturated carbocycles. The van der Waals surface area contributed by atoms with Crippen LogP contribution in [0, 0.1) is 5.92 Å². The van der Waals surface area contributed by atoms with Gasteiger partial charge in [0, 0.05) is 27.2 Å². The topological polar surface area (TPSA) is 39.7 Å². The number of rotatable bonds is 4. The third-order valence-corrected chi connectivity index (χ3v) is 4.93. The molecule has 4 nitrogen and oxygen atoms in total. The first kappa shape index (κ1) is 12.9. The molecule has 3 rings (SSSR count). The van der Waals surface area contributed by atoms with Crippen LogP contribution in [0.3, 0.4) is 0 Å². The maximum atomic E-state index is 5.77. The second-order valence-electron chi connectivity index (χ2n) is 5.40. The predicted octanol–water partition coefficient (Wildman–Crippen LogP) is 1.55. The van der Waals surface area contributed by atoms with Gasteiger partial charge in [0.05, 0.1) is 12.5 Å². The van der Waals surface area contributed by atoms with E-state index >= 15 is 0 Å². The van der Waals surface area contributed by atoms with Gasteiger partial charge in [-0.15, -0.1) is 0 Å². The minimum atomic E-state index is -0.520. The molecule has 2 atom stereocenters. The molecule has 0 spiro atoms. The van der Waals surface area contributed by atoms with Crippen molar-refractivity contribution in [2.45, 2.75) is 17.6 Å². The highest BCUT2D eigenvalue weighted by atomic mass is 16.7. The average molecular weight is 263 g/mol. The van der Waals surface area contributed by atoms with Gasteiger partial charge >= 0.3 is 0 Å². The third kappa shape index (κ3) is 1.51. The van der Waals surface area contributed by atoms with Crippen molar-refractivity contribution in [2.24, 2.45) is 5.92 Å². The van der Waals surface area contributed by atoms with Crippen LogP contribution in [0.25, 0.3) is 0 Å². The molecule has 4 heteroatoms. The normalized spacial score (nSPS) is 31.6. The summed E-state index contributed by atoms with van der Waals surface area (Å²) in [6.07, 6.45) is 0.935. The molecule has 1 heterocycles. The number of nitrogens with one attached hydrogen (secondary N) is 1. The molecule has 1 aliphatic heterocycles. The van der Waals surface area contributed by atoms with Crippen LogP contribution >= 0.6 is 0 Å². The zero-order valence-electron chi connectivity index (χ0n) is 11.7. The highest BCUT2D eigenvalue weighted by Crippen LogP contribution is 2.60. The van der Waals surface area contributed by atoms with Crippen molar-refractivity contribution >= 4 is 0 Å². The highest BCUT2D eigenvalue weighted by Gasteiger charge is 2.69. The Kier molecular flexibility index (Phi) is 3.04. The summed E-state index contributed by atoms with van der Waals surface area (Å²) in [4.78, 5) is 0. The second-order valence-corrected chi connectivity index (χ2v) is 5.40. The molecular formula is C15H21NO3. The van der Waals surface area contributed by atoms with Gasteiger partial charge in [0.1, 0.15) is 5.75 Å². The van der Waals surface area contributed by atoms with Crippen molar-refractivity contribution < 1.29 is 14.2 Å². The number of ether oxygens (including phenoxy) is 3. The Balaban J connectivity index is 2.07. The van der Waals surface area contributed by atoms with Crippen LogP contribution in [0.15, 0.2) is 24.3 Å². The number of benzene rings is 1. The SMILES string of the molecule is COc1cccc([C@@]23CNC[C@H]2CC3(OC)OC)c1. The van der Waals surface area contributed by atoms with Crippen LogP contribution in [0.5, 0.6) is 5.75 Å². The Morgan fingerprint density at radius 2 is 2.00 bits per heavy atom. The molecule has 1 aromatic carbocycles. The van der Waals surface area contributed by atoms with E-state index in [-0.39, 0.29) is 5.41 Å². The van der Waals surface area contributed by atoms with E-state index in [9.17, 15) is 0 Å². The van der Waals surface area contributed by atoms with Gasteiger partial charge < -0.3 is 19.5 Å². The smallest absolute Gasteiger partial charge is 0.179 e. The Hall–Kier alpha value is -1.10. The molecule has 0 aromatic heterocycles. The number of fused-ring (bicyclic) bond motifs is 1. The molecule has 0 unspecified atom stereocenters. The molecule has 0 amide bonds. The fraction of sp³-hybridized carbons (Fsp3) is 0.600. The number of hydrogen-bond acceptors (Lipinski definition) is 4. The first-order valence-electron chi connectivity index (χ1n) is 6.68. The van der Waals surface area contributed by atoms with Gasteiger partial charge in [-0.3, -0.25) is 0 Å². The predicted molar refractivity (Wildman–Crippen MR) is 72.4 cm³/mol. The van der Waals surface area contributed by atoms with E-state index in [1.54, 1.807) is 21.3 Å². The third-order valence-electron chi connectivity index (χ3n) is 4.93. The molecule has 1 aromatic rings. The quantitative estimate of drug-likeness (QED) is 0.837. The van der Waals surface area contributed by atoms with Crippen molar-refractivity contribution in [2.75, 3.05) is 34.4 Å². The Labute approximate surface area is 114 Å². The first-order chi connectivity index (χ1) is 9.22. The summed E-state index contributed by atoms with van der Waals surface area (Å²) in [6.45, 7) is 1.90. The lowest BCUT2D eigenvalue weighted by Gasteiger charge is -2.59. The summed E-state index contributed by atoms with van der Waals surface area (Å²) in [6, 6.07) is 8.25. The van der Waals surface area contributed by atoms with Crippen molar-refractivity contribution in [1.29, 1.82) is 0 Å². The van der Waals surface area contributed by atoms with Crippen molar-refractivity contribution in [3.8, 4) is 5.75 Å². The van der Waals surface area contributed by atoms with E-state index in [4.69, 9.17) is 14.2 Å². The second kappa shape index (κ2) is 4.47. The van der Waals surface area contributed by atoms with Crippen LogP contribution in [-0.2, 0) is 14.9 Å². The lowest BCUT2D eigenvalue weighted by molar-refractivity contribution is -0.314.